The van der Waals surface area contributed by atoms with E-state index >= 15 is 0 Å². The normalized spacial score (nSPS) is 25.4. The molecule has 3 rings (SSSR count). The molecule has 3 fully saturated rings. The van der Waals surface area contributed by atoms with Gasteiger partial charge in [-0.3, -0.25) is 9.59 Å². The van der Waals surface area contributed by atoms with Crippen LogP contribution < -0.4 is 0 Å². The monoisotopic (exact) mass is 458 g/mol. The summed E-state index contributed by atoms with van der Waals surface area (Å²) in [7, 11) is -4.05. The number of cyclic esters (lactones) is 1. The van der Waals surface area contributed by atoms with Crippen LogP contribution in [0.25, 0.3) is 0 Å². The maximum absolute atomic E-state index is 14.0. The van der Waals surface area contributed by atoms with Gasteiger partial charge in [-0.1, -0.05) is 33.1 Å². The number of ether oxygens (including phenoxy) is 2. The Labute approximate surface area is 184 Å². The molecule has 3 aliphatic rings. The molecule has 0 aromatic rings. The summed E-state index contributed by atoms with van der Waals surface area (Å²) < 4.78 is 35.2. The van der Waals surface area contributed by atoms with Crippen LogP contribution in [0.2, 0.25) is 0 Å². The molecular weight excluding hydrogens is 424 g/mol. The quantitative estimate of drug-likeness (QED) is 0.594. The second-order valence-electron chi connectivity index (χ2n) is 9.23. The average molecular weight is 459 g/mol. The van der Waals surface area contributed by atoms with Gasteiger partial charge in [0.15, 0.2) is 14.6 Å². The number of hydrogen-bond acceptors (Lipinski definition) is 7. The fourth-order valence-electron chi connectivity index (χ4n) is 5.07. The molecule has 2 atom stereocenters. The van der Waals surface area contributed by atoms with Gasteiger partial charge in [0.05, 0.1) is 25.7 Å². The van der Waals surface area contributed by atoms with Gasteiger partial charge < -0.3 is 14.4 Å². The van der Waals surface area contributed by atoms with Crippen molar-refractivity contribution < 1.29 is 32.3 Å². The van der Waals surface area contributed by atoms with Gasteiger partial charge in [0, 0.05) is 19.3 Å². The van der Waals surface area contributed by atoms with Crippen molar-refractivity contribution in [3.63, 3.8) is 0 Å². The highest BCUT2D eigenvalue weighted by Crippen LogP contribution is 2.43. The van der Waals surface area contributed by atoms with Crippen molar-refractivity contribution in [2.45, 2.75) is 63.2 Å². The molecular formula is C21H34N2O7S. The molecule has 0 radical (unpaired) electrons. The van der Waals surface area contributed by atoms with Gasteiger partial charge in [-0.05, 0) is 24.7 Å². The number of carbonyl (C=O) groups excluding carboxylic acids is 3. The van der Waals surface area contributed by atoms with E-state index in [-0.39, 0.29) is 18.4 Å². The number of carbonyl (C=O) groups is 3. The Morgan fingerprint density at radius 2 is 1.74 bits per heavy atom. The minimum absolute atomic E-state index is 0.0319. The van der Waals surface area contributed by atoms with E-state index < -0.39 is 45.0 Å². The fraction of sp³-hybridized carbons (Fsp3) is 0.857. The zero-order valence-electron chi connectivity index (χ0n) is 18.7. The molecule has 0 N–H and O–H groups in total. The second kappa shape index (κ2) is 9.44. The minimum Gasteiger partial charge on any atom is -0.447 e. The van der Waals surface area contributed by atoms with Crippen molar-refractivity contribution in [1.82, 2.24) is 9.80 Å². The van der Waals surface area contributed by atoms with Gasteiger partial charge in [0.25, 0.3) is 5.91 Å². The molecule has 31 heavy (non-hydrogen) atoms. The number of imide groups is 1. The van der Waals surface area contributed by atoms with Gasteiger partial charge in [-0.2, -0.15) is 0 Å². The lowest BCUT2D eigenvalue weighted by molar-refractivity contribution is -0.143. The average Bonchev–Trinajstić information content (AvgIpc) is 3.13. The SMILES string of the molecule is CC(C)C1COC(=O)N1C(=O)C(CC(=O)N1CCOCC1)(C1CCCCC1)S(C)(=O)=O. The topological polar surface area (TPSA) is 110 Å². The Kier molecular flexibility index (Phi) is 7.30. The lowest BCUT2D eigenvalue weighted by Gasteiger charge is -2.42. The lowest BCUT2D eigenvalue weighted by Crippen LogP contribution is -2.62. The van der Waals surface area contributed by atoms with E-state index in [1.807, 2.05) is 13.8 Å². The number of nitrogens with zero attached hydrogens (tertiary/aromatic N) is 2. The maximum atomic E-state index is 14.0. The summed E-state index contributed by atoms with van der Waals surface area (Å²) >= 11 is 0. The smallest absolute Gasteiger partial charge is 0.417 e. The number of morpholine rings is 1. The minimum atomic E-state index is -4.05. The summed E-state index contributed by atoms with van der Waals surface area (Å²) in [6, 6.07) is -0.553. The van der Waals surface area contributed by atoms with E-state index in [1.165, 1.54) is 0 Å². The Hall–Kier alpha value is -1.68. The summed E-state index contributed by atoms with van der Waals surface area (Å²) in [5.74, 6) is -1.81. The molecule has 1 aliphatic carbocycles. The highest BCUT2D eigenvalue weighted by atomic mass is 32.2. The molecule has 9 nitrogen and oxygen atoms in total. The van der Waals surface area contributed by atoms with Crippen molar-refractivity contribution in [3.05, 3.63) is 0 Å². The van der Waals surface area contributed by atoms with Crippen LogP contribution in [-0.4, -0.2) is 86.1 Å². The molecule has 176 valence electrons. The Bertz CT molecular complexity index is 801. The summed E-state index contributed by atoms with van der Waals surface area (Å²) in [6.07, 6.45) is 3.35. The van der Waals surface area contributed by atoms with Crippen molar-refractivity contribution in [2.75, 3.05) is 39.2 Å². The fourth-order valence-corrected chi connectivity index (χ4v) is 6.71. The van der Waals surface area contributed by atoms with Crippen LogP contribution in [-0.2, 0) is 28.9 Å². The molecule has 1 saturated carbocycles. The summed E-state index contributed by atoms with van der Waals surface area (Å²) in [5, 5.41) is 0. The van der Waals surface area contributed by atoms with Gasteiger partial charge >= 0.3 is 6.09 Å². The van der Waals surface area contributed by atoms with Gasteiger partial charge in [0.1, 0.15) is 6.61 Å². The zero-order chi connectivity index (χ0) is 22.8. The van der Waals surface area contributed by atoms with Crippen LogP contribution in [0, 0.1) is 11.8 Å². The van der Waals surface area contributed by atoms with Crippen LogP contribution in [0.4, 0.5) is 4.79 Å². The molecule has 0 aromatic carbocycles. The van der Waals surface area contributed by atoms with Crippen LogP contribution in [0.5, 0.6) is 0 Å². The van der Waals surface area contributed by atoms with Crippen LogP contribution in [0.3, 0.4) is 0 Å². The third-order valence-corrected chi connectivity index (χ3v) is 8.94. The van der Waals surface area contributed by atoms with Gasteiger partial charge in [-0.25, -0.2) is 18.1 Å². The van der Waals surface area contributed by atoms with Crippen LogP contribution >= 0.6 is 0 Å². The van der Waals surface area contributed by atoms with E-state index in [4.69, 9.17) is 9.47 Å². The Morgan fingerprint density at radius 1 is 1.13 bits per heavy atom. The molecule has 2 unspecified atom stereocenters. The third-order valence-electron chi connectivity index (χ3n) is 6.96. The molecule has 3 amide bonds. The molecule has 0 bridgehead atoms. The summed E-state index contributed by atoms with van der Waals surface area (Å²) in [6.45, 7) is 5.22. The number of amides is 3. The standard InChI is InChI=1S/C21H34N2O7S/c1-15(2)17-14-30-20(26)23(17)19(25)21(31(3,27)28,16-7-5-4-6-8-16)13-18(24)22-9-11-29-12-10-22/h15-17H,4-14H2,1-3H3. The van der Waals surface area contributed by atoms with Gasteiger partial charge in [0.2, 0.25) is 5.91 Å². The van der Waals surface area contributed by atoms with Crippen molar-refractivity contribution in [2.24, 2.45) is 11.8 Å². The molecule has 0 spiro atoms. The first kappa shape index (κ1) is 24.0. The second-order valence-corrected chi connectivity index (χ2v) is 11.5. The van der Waals surface area contributed by atoms with E-state index in [9.17, 15) is 22.8 Å². The van der Waals surface area contributed by atoms with Gasteiger partial charge in [-0.15, -0.1) is 0 Å². The van der Waals surface area contributed by atoms with E-state index in [2.05, 4.69) is 0 Å². The zero-order valence-corrected chi connectivity index (χ0v) is 19.5. The third kappa shape index (κ3) is 4.60. The van der Waals surface area contributed by atoms with Crippen LogP contribution in [0.1, 0.15) is 52.4 Å². The predicted octanol–water partition coefficient (Wildman–Crippen LogP) is 1.60. The molecule has 10 heteroatoms. The first-order chi connectivity index (χ1) is 14.6. The van der Waals surface area contributed by atoms with Crippen LogP contribution in [0.15, 0.2) is 0 Å². The lowest BCUT2D eigenvalue weighted by atomic mass is 9.76. The highest BCUT2D eigenvalue weighted by Gasteiger charge is 2.60. The largest absolute Gasteiger partial charge is 0.447 e. The number of sulfone groups is 1. The Balaban J connectivity index is 2.06. The van der Waals surface area contributed by atoms with Crippen molar-refractivity contribution in [3.8, 4) is 0 Å². The number of hydrogen-bond donors (Lipinski definition) is 0. The molecule has 2 saturated heterocycles. The first-order valence-corrected chi connectivity index (χ1v) is 13.0. The maximum Gasteiger partial charge on any atom is 0.417 e. The Morgan fingerprint density at radius 3 is 2.29 bits per heavy atom. The van der Waals surface area contributed by atoms with E-state index in [1.54, 1.807) is 4.90 Å². The van der Waals surface area contributed by atoms with Crippen molar-refractivity contribution in [1.29, 1.82) is 0 Å². The molecule has 0 aromatic heterocycles. The molecule has 2 heterocycles. The van der Waals surface area contributed by atoms with E-state index in [0.29, 0.717) is 39.1 Å². The summed E-state index contributed by atoms with van der Waals surface area (Å²) in [4.78, 5) is 42.3. The predicted molar refractivity (Wildman–Crippen MR) is 113 cm³/mol. The van der Waals surface area contributed by atoms with Crippen molar-refractivity contribution >= 4 is 27.7 Å². The number of rotatable bonds is 6. The van der Waals surface area contributed by atoms with E-state index in [0.717, 1.165) is 30.4 Å². The molecule has 2 aliphatic heterocycles. The first-order valence-electron chi connectivity index (χ1n) is 11.1. The summed E-state index contributed by atoms with van der Waals surface area (Å²) in [5.41, 5.74) is 0. The highest BCUT2D eigenvalue weighted by molar-refractivity contribution is 7.93.